The van der Waals surface area contributed by atoms with E-state index < -0.39 is 6.10 Å². The summed E-state index contributed by atoms with van der Waals surface area (Å²) in [7, 11) is 2.12. The summed E-state index contributed by atoms with van der Waals surface area (Å²) < 4.78 is 0. The summed E-state index contributed by atoms with van der Waals surface area (Å²) in [6, 6.07) is 7.50. The Labute approximate surface area is 141 Å². The molecule has 1 unspecified atom stereocenters. The number of aliphatic hydroxyl groups is 1. The van der Waals surface area contributed by atoms with E-state index in [0.29, 0.717) is 11.7 Å². The number of piperazine rings is 1. The molecule has 1 heterocycles. The number of nitriles is 1. The molecular formula is C16H23N5OS. The van der Waals surface area contributed by atoms with E-state index in [1.165, 1.54) is 11.8 Å². The van der Waals surface area contributed by atoms with Crippen LogP contribution in [0, 0.1) is 11.5 Å². The second-order valence-corrected chi connectivity index (χ2v) is 6.36. The number of aliphatic imine (C=N–C) groups is 1. The molecule has 0 bridgehead atoms. The lowest BCUT2D eigenvalue weighted by atomic mass is 10.1. The van der Waals surface area contributed by atoms with Crippen LogP contribution in [0.3, 0.4) is 0 Å². The highest BCUT2D eigenvalue weighted by molar-refractivity contribution is 8.13. The van der Waals surface area contributed by atoms with Gasteiger partial charge in [0.1, 0.15) is 0 Å². The average molecular weight is 333 g/mol. The van der Waals surface area contributed by atoms with Crippen LogP contribution in [0.2, 0.25) is 0 Å². The molecule has 0 radical (unpaired) electrons. The lowest BCUT2D eigenvalue weighted by Crippen LogP contribution is -2.45. The predicted octanol–water partition coefficient (Wildman–Crippen LogP) is 1.39. The smallest absolute Gasteiger partial charge is 0.183 e. The van der Waals surface area contributed by atoms with Crippen molar-refractivity contribution in [2.75, 3.05) is 46.0 Å². The van der Waals surface area contributed by atoms with Crippen molar-refractivity contribution >= 4 is 22.6 Å². The van der Waals surface area contributed by atoms with Gasteiger partial charge in [-0.3, -0.25) is 10.2 Å². The minimum absolute atomic E-state index is 0.492. The van der Waals surface area contributed by atoms with Crippen LogP contribution >= 0.6 is 11.8 Å². The van der Waals surface area contributed by atoms with Crippen molar-refractivity contribution < 1.29 is 5.11 Å². The molecule has 1 atom stereocenters. The maximum Gasteiger partial charge on any atom is 0.183 e. The van der Waals surface area contributed by atoms with Crippen LogP contribution in [-0.2, 0) is 0 Å². The highest BCUT2D eigenvalue weighted by Crippen LogP contribution is 2.20. The van der Waals surface area contributed by atoms with Gasteiger partial charge in [0.15, 0.2) is 11.4 Å². The zero-order chi connectivity index (χ0) is 16.7. The number of hydrogen-bond donors (Lipinski definition) is 2. The third kappa shape index (κ3) is 5.52. The molecule has 0 aliphatic carbocycles. The Morgan fingerprint density at radius 1 is 1.35 bits per heavy atom. The highest BCUT2D eigenvalue weighted by atomic mass is 32.2. The normalized spacial score (nSPS) is 18.4. The lowest BCUT2D eigenvalue weighted by molar-refractivity contribution is 0.0805. The van der Waals surface area contributed by atoms with Gasteiger partial charge in [-0.2, -0.15) is 5.26 Å². The highest BCUT2D eigenvalue weighted by Gasteiger charge is 2.17. The minimum atomic E-state index is -0.492. The van der Waals surface area contributed by atoms with Gasteiger partial charge in [0.05, 0.1) is 11.8 Å². The van der Waals surface area contributed by atoms with Gasteiger partial charge in [-0.05, 0) is 31.0 Å². The summed E-state index contributed by atoms with van der Waals surface area (Å²) >= 11 is 1.38. The van der Waals surface area contributed by atoms with Crippen LogP contribution in [0.1, 0.15) is 11.7 Å². The molecule has 124 valence electrons. The van der Waals surface area contributed by atoms with Crippen molar-refractivity contribution in [3.05, 3.63) is 29.8 Å². The molecule has 6 nitrogen and oxygen atoms in total. The molecule has 2 N–H and O–H groups in total. The van der Waals surface area contributed by atoms with E-state index in [-0.39, 0.29) is 0 Å². The molecule has 1 fully saturated rings. The summed E-state index contributed by atoms with van der Waals surface area (Å²) in [5, 5.41) is 22.1. The van der Waals surface area contributed by atoms with Crippen LogP contribution in [-0.4, -0.2) is 66.1 Å². The molecule has 23 heavy (non-hydrogen) atoms. The van der Waals surface area contributed by atoms with Gasteiger partial charge in [-0.25, -0.2) is 4.99 Å². The first kappa shape index (κ1) is 17.8. The number of thioether (sulfide) groups is 1. The summed E-state index contributed by atoms with van der Waals surface area (Å²) in [6.45, 7) is 4.73. The minimum Gasteiger partial charge on any atom is -0.387 e. The summed E-state index contributed by atoms with van der Waals surface area (Å²) in [5.74, 6) is 0. The van der Waals surface area contributed by atoms with Crippen molar-refractivity contribution in [3.63, 3.8) is 0 Å². The monoisotopic (exact) mass is 333 g/mol. The number of nitrogens with one attached hydrogen (secondary N) is 1. The van der Waals surface area contributed by atoms with E-state index in [1.807, 2.05) is 36.7 Å². The van der Waals surface area contributed by atoms with E-state index in [1.54, 1.807) is 0 Å². The van der Waals surface area contributed by atoms with Gasteiger partial charge < -0.3 is 10.0 Å². The van der Waals surface area contributed by atoms with Crippen LogP contribution in [0.25, 0.3) is 0 Å². The molecule has 7 heteroatoms. The maximum atomic E-state index is 10.4. The molecule has 0 saturated carbocycles. The largest absolute Gasteiger partial charge is 0.387 e. The first-order chi connectivity index (χ1) is 11.1. The molecule has 2 rings (SSSR count). The number of β-amino-alcohol motifs (C(OH)–C–C–N with tert-alkyl or cyclic N) is 1. The number of likely N-dealkylation sites (N-methyl/N-ethyl adjacent to an activating group) is 1. The third-order valence-corrected chi connectivity index (χ3v) is 4.47. The predicted molar refractivity (Wildman–Crippen MR) is 94.7 cm³/mol. The molecule has 1 aliphatic rings. The number of benzene rings is 1. The molecule has 0 amide bonds. The maximum absolute atomic E-state index is 10.4. The van der Waals surface area contributed by atoms with Crippen molar-refractivity contribution in [3.8, 4) is 6.19 Å². The fourth-order valence-electron chi connectivity index (χ4n) is 2.44. The van der Waals surface area contributed by atoms with E-state index in [2.05, 4.69) is 27.2 Å². The van der Waals surface area contributed by atoms with Gasteiger partial charge in [0, 0.05) is 32.7 Å². The Balaban J connectivity index is 1.94. The second kappa shape index (κ2) is 8.89. The SMILES string of the molecule is CSC(=Nc1ccc(C(O)CN2CCN(C)CC2)cc1)NC#N. The third-order valence-electron chi connectivity index (χ3n) is 3.89. The van der Waals surface area contributed by atoms with Crippen molar-refractivity contribution in [2.24, 2.45) is 4.99 Å². The Hall–Kier alpha value is -1.59. The summed E-state index contributed by atoms with van der Waals surface area (Å²) in [4.78, 5) is 8.93. The van der Waals surface area contributed by atoms with Crippen LogP contribution in [0.15, 0.2) is 29.3 Å². The van der Waals surface area contributed by atoms with Gasteiger partial charge in [0.25, 0.3) is 0 Å². The summed E-state index contributed by atoms with van der Waals surface area (Å²) in [6.07, 6.45) is 3.23. The summed E-state index contributed by atoms with van der Waals surface area (Å²) in [5.41, 5.74) is 1.65. The van der Waals surface area contributed by atoms with Crippen molar-refractivity contribution in [1.82, 2.24) is 15.1 Å². The topological polar surface area (TPSA) is 74.9 Å². The van der Waals surface area contributed by atoms with E-state index >= 15 is 0 Å². The average Bonchev–Trinajstić information content (AvgIpc) is 2.57. The number of aliphatic hydroxyl groups excluding tert-OH is 1. The van der Waals surface area contributed by atoms with Gasteiger partial charge in [-0.1, -0.05) is 23.9 Å². The first-order valence-electron chi connectivity index (χ1n) is 7.59. The Bertz CT molecular complexity index is 561. The van der Waals surface area contributed by atoms with Crippen molar-refractivity contribution in [1.29, 1.82) is 5.26 Å². The van der Waals surface area contributed by atoms with Gasteiger partial charge in [0.2, 0.25) is 0 Å². The molecular weight excluding hydrogens is 310 g/mol. The lowest BCUT2D eigenvalue weighted by Gasteiger charge is -2.33. The Morgan fingerprint density at radius 3 is 2.57 bits per heavy atom. The molecule has 0 aromatic heterocycles. The van der Waals surface area contributed by atoms with E-state index in [9.17, 15) is 5.11 Å². The van der Waals surface area contributed by atoms with Gasteiger partial charge >= 0.3 is 0 Å². The first-order valence-corrected chi connectivity index (χ1v) is 8.81. The second-order valence-electron chi connectivity index (χ2n) is 5.57. The van der Waals surface area contributed by atoms with Crippen LogP contribution in [0.5, 0.6) is 0 Å². The number of hydrogen-bond acceptors (Lipinski definition) is 6. The molecule has 0 spiro atoms. The number of nitrogens with zero attached hydrogens (tertiary/aromatic N) is 4. The van der Waals surface area contributed by atoms with Crippen LogP contribution < -0.4 is 5.32 Å². The van der Waals surface area contributed by atoms with E-state index in [0.717, 1.165) is 37.4 Å². The molecule has 1 aromatic carbocycles. The molecule has 1 saturated heterocycles. The molecule has 1 aliphatic heterocycles. The van der Waals surface area contributed by atoms with Gasteiger partial charge in [-0.15, -0.1) is 0 Å². The fourth-order valence-corrected chi connectivity index (χ4v) is 2.79. The number of amidine groups is 1. The van der Waals surface area contributed by atoms with E-state index in [4.69, 9.17) is 5.26 Å². The van der Waals surface area contributed by atoms with Crippen LogP contribution in [0.4, 0.5) is 5.69 Å². The molecule has 1 aromatic rings. The zero-order valence-corrected chi connectivity index (χ0v) is 14.4. The quantitative estimate of drug-likeness (QED) is 0.375. The zero-order valence-electron chi connectivity index (χ0n) is 13.6. The Morgan fingerprint density at radius 2 is 2.00 bits per heavy atom. The fraction of sp³-hybridized carbons (Fsp3) is 0.500. The van der Waals surface area contributed by atoms with Crippen molar-refractivity contribution in [2.45, 2.75) is 6.10 Å². The Kier molecular flexibility index (Phi) is 6.86. The number of rotatable bonds is 4. The standard InChI is InChI=1S/C16H23N5OS/c1-20-7-9-21(10-8-20)11-15(22)13-3-5-14(6-4-13)19-16(23-2)18-12-17/h3-6,15,22H,7-11H2,1-2H3,(H,18,19).